The van der Waals surface area contributed by atoms with Crippen molar-refractivity contribution in [2.75, 3.05) is 0 Å². The molecule has 0 aliphatic heterocycles. The van der Waals surface area contributed by atoms with Crippen molar-refractivity contribution in [2.45, 2.75) is 13.2 Å². The van der Waals surface area contributed by atoms with E-state index in [1.807, 2.05) is 37.3 Å². The minimum absolute atomic E-state index is 0.235. The van der Waals surface area contributed by atoms with E-state index < -0.39 is 6.29 Å². The van der Waals surface area contributed by atoms with Crippen molar-refractivity contribution >= 4 is 0 Å². The zero-order chi connectivity index (χ0) is 15.7. The molecule has 112 valence electrons. The summed E-state index contributed by atoms with van der Waals surface area (Å²) < 4.78 is 1.30. The van der Waals surface area contributed by atoms with E-state index in [-0.39, 0.29) is 11.1 Å². The molecule has 0 spiro atoms. The van der Waals surface area contributed by atoms with Crippen LogP contribution in [0.15, 0.2) is 53.5 Å². The lowest BCUT2D eigenvalue weighted by Gasteiger charge is -2.05. The summed E-state index contributed by atoms with van der Waals surface area (Å²) in [5.41, 5.74) is 2.13. The van der Waals surface area contributed by atoms with Gasteiger partial charge in [-0.05, 0) is 24.6 Å². The van der Waals surface area contributed by atoms with Gasteiger partial charge in [0, 0.05) is 17.5 Å². The number of benzene rings is 1. The number of aliphatic hydroxyl groups is 2. The molecule has 0 atom stereocenters. The monoisotopic (exact) mass is 297 g/mol. The van der Waals surface area contributed by atoms with Crippen LogP contribution in [0.25, 0.3) is 16.9 Å². The summed E-state index contributed by atoms with van der Waals surface area (Å²) in [4.78, 5) is 16.7. The number of aryl methyl sites for hydroxylation is 1. The number of aromatic nitrogens is 3. The summed E-state index contributed by atoms with van der Waals surface area (Å²) >= 11 is 0. The molecule has 3 aromatic rings. The summed E-state index contributed by atoms with van der Waals surface area (Å²) in [6.07, 6.45) is -0.184. The van der Waals surface area contributed by atoms with Gasteiger partial charge in [-0.1, -0.05) is 30.3 Å². The Kier molecular flexibility index (Phi) is 3.62. The second kappa shape index (κ2) is 5.59. The van der Waals surface area contributed by atoms with Crippen molar-refractivity contribution in [3.63, 3.8) is 0 Å². The molecule has 3 rings (SSSR count). The van der Waals surface area contributed by atoms with Gasteiger partial charge in [-0.15, -0.1) is 0 Å². The molecule has 0 fully saturated rings. The van der Waals surface area contributed by atoms with Crippen LogP contribution in [0.5, 0.6) is 0 Å². The van der Waals surface area contributed by atoms with Gasteiger partial charge >= 0.3 is 0 Å². The van der Waals surface area contributed by atoms with Crippen LogP contribution >= 0.6 is 0 Å². The maximum absolute atomic E-state index is 12.6. The lowest BCUT2D eigenvalue weighted by Crippen LogP contribution is -2.17. The lowest BCUT2D eigenvalue weighted by molar-refractivity contribution is -0.0425. The Morgan fingerprint density at radius 1 is 1.18 bits per heavy atom. The van der Waals surface area contributed by atoms with E-state index in [0.29, 0.717) is 17.1 Å². The van der Waals surface area contributed by atoms with Crippen LogP contribution in [0.4, 0.5) is 0 Å². The van der Waals surface area contributed by atoms with Gasteiger partial charge < -0.3 is 10.2 Å². The minimum atomic E-state index is -1.61. The highest BCUT2D eigenvalue weighted by atomic mass is 16.5. The number of hydrogen-bond acceptors (Lipinski definition) is 4. The topological polar surface area (TPSA) is 91.1 Å². The van der Waals surface area contributed by atoms with E-state index in [9.17, 15) is 15.0 Å². The summed E-state index contributed by atoms with van der Waals surface area (Å²) in [6.45, 7) is 1.81. The first kappa shape index (κ1) is 14.2. The van der Waals surface area contributed by atoms with Gasteiger partial charge in [0.2, 0.25) is 0 Å². The standard InChI is InChI=1S/C16H15N3O3/c1-10-14(11-5-3-2-4-6-11)15(20)19(18-10)13-9-12(16(21)22)7-8-17-13/h2-9,16,18,21-22H,1H3. The maximum atomic E-state index is 12.6. The van der Waals surface area contributed by atoms with Gasteiger partial charge in [0.15, 0.2) is 12.1 Å². The predicted octanol–water partition coefficient (Wildman–Crippen LogP) is 1.52. The van der Waals surface area contributed by atoms with Gasteiger partial charge in [-0.2, -0.15) is 0 Å². The van der Waals surface area contributed by atoms with E-state index in [2.05, 4.69) is 10.1 Å². The Bertz CT molecular complexity index is 851. The number of pyridine rings is 1. The Hall–Kier alpha value is -2.70. The third-order valence-electron chi connectivity index (χ3n) is 3.43. The summed E-state index contributed by atoms with van der Waals surface area (Å²) in [7, 11) is 0. The van der Waals surface area contributed by atoms with Gasteiger partial charge in [0.05, 0.1) is 5.56 Å². The van der Waals surface area contributed by atoms with Crippen molar-refractivity contribution in [2.24, 2.45) is 0 Å². The van der Waals surface area contributed by atoms with Crippen molar-refractivity contribution in [3.05, 3.63) is 70.3 Å². The molecule has 2 heterocycles. The van der Waals surface area contributed by atoms with Crippen LogP contribution in [-0.4, -0.2) is 25.0 Å². The molecule has 0 unspecified atom stereocenters. The fourth-order valence-electron chi connectivity index (χ4n) is 2.37. The van der Waals surface area contributed by atoms with Crippen LogP contribution < -0.4 is 5.56 Å². The van der Waals surface area contributed by atoms with Gasteiger partial charge in [0.25, 0.3) is 5.56 Å². The number of rotatable bonds is 3. The molecule has 6 nitrogen and oxygen atoms in total. The number of aliphatic hydroxyl groups excluding tert-OH is 1. The Balaban J connectivity index is 2.15. The minimum Gasteiger partial charge on any atom is -0.364 e. The Morgan fingerprint density at radius 2 is 1.91 bits per heavy atom. The number of nitrogens with zero attached hydrogens (tertiary/aromatic N) is 2. The fourth-order valence-corrected chi connectivity index (χ4v) is 2.37. The number of aromatic amines is 1. The molecule has 0 radical (unpaired) electrons. The zero-order valence-corrected chi connectivity index (χ0v) is 11.9. The molecular weight excluding hydrogens is 282 g/mol. The smallest absolute Gasteiger partial charge is 0.280 e. The van der Waals surface area contributed by atoms with Crippen LogP contribution in [0.1, 0.15) is 17.5 Å². The quantitative estimate of drug-likeness (QED) is 0.639. The first-order chi connectivity index (χ1) is 10.6. The molecule has 0 aliphatic carbocycles. The molecule has 6 heteroatoms. The third kappa shape index (κ3) is 2.45. The largest absolute Gasteiger partial charge is 0.364 e. The molecule has 0 saturated carbocycles. The molecule has 22 heavy (non-hydrogen) atoms. The van der Waals surface area contributed by atoms with E-state index in [1.54, 1.807) is 0 Å². The van der Waals surface area contributed by atoms with E-state index in [0.717, 1.165) is 5.56 Å². The fraction of sp³-hybridized carbons (Fsp3) is 0.125. The maximum Gasteiger partial charge on any atom is 0.280 e. The number of H-pyrrole nitrogens is 1. The summed E-state index contributed by atoms with van der Waals surface area (Å²) in [6, 6.07) is 12.3. The van der Waals surface area contributed by atoms with Crippen LogP contribution in [0, 0.1) is 6.92 Å². The SMILES string of the molecule is Cc1[nH]n(-c2cc(C(O)O)ccn2)c(=O)c1-c1ccccc1. The summed E-state index contributed by atoms with van der Waals surface area (Å²) in [5, 5.41) is 21.4. The second-order valence-electron chi connectivity index (χ2n) is 4.94. The highest BCUT2D eigenvalue weighted by Gasteiger charge is 2.15. The molecule has 0 amide bonds. The van der Waals surface area contributed by atoms with E-state index in [4.69, 9.17) is 0 Å². The molecule has 2 aromatic heterocycles. The highest BCUT2D eigenvalue weighted by molar-refractivity contribution is 5.65. The first-order valence-electron chi connectivity index (χ1n) is 6.77. The highest BCUT2D eigenvalue weighted by Crippen LogP contribution is 2.19. The average Bonchev–Trinajstić information content (AvgIpc) is 2.83. The molecule has 3 N–H and O–H groups in total. The number of hydrogen-bond donors (Lipinski definition) is 3. The summed E-state index contributed by atoms with van der Waals surface area (Å²) in [5.74, 6) is 0.306. The van der Waals surface area contributed by atoms with Crippen molar-refractivity contribution in [1.82, 2.24) is 14.8 Å². The first-order valence-corrected chi connectivity index (χ1v) is 6.77. The normalized spacial score (nSPS) is 11.1. The molecule has 0 aliphatic rings. The van der Waals surface area contributed by atoms with E-state index >= 15 is 0 Å². The third-order valence-corrected chi connectivity index (χ3v) is 3.43. The zero-order valence-electron chi connectivity index (χ0n) is 11.9. The van der Waals surface area contributed by atoms with Crippen LogP contribution in [0.3, 0.4) is 0 Å². The predicted molar refractivity (Wildman–Crippen MR) is 81.5 cm³/mol. The van der Waals surface area contributed by atoms with Gasteiger partial charge in [-0.25, -0.2) is 9.67 Å². The van der Waals surface area contributed by atoms with Crippen molar-refractivity contribution < 1.29 is 10.2 Å². The number of nitrogens with one attached hydrogen (secondary N) is 1. The van der Waals surface area contributed by atoms with Crippen LogP contribution in [-0.2, 0) is 0 Å². The molecule has 0 bridgehead atoms. The lowest BCUT2D eigenvalue weighted by atomic mass is 10.1. The van der Waals surface area contributed by atoms with E-state index in [1.165, 1.54) is 23.0 Å². The Morgan fingerprint density at radius 3 is 2.59 bits per heavy atom. The molecule has 1 aromatic carbocycles. The van der Waals surface area contributed by atoms with Crippen LogP contribution in [0.2, 0.25) is 0 Å². The van der Waals surface area contributed by atoms with Gasteiger partial charge in [0.1, 0.15) is 0 Å². The molecular formula is C16H15N3O3. The van der Waals surface area contributed by atoms with Gasteiger partial charge in [-0.3, -0.25) is 9.89 Å². The average molecular weight is 297 g/mol. The Labute approximate surface area is 126 Å². The van der Waals surface area contributed by atoms with Crippen molar-refractivity contribution in [3.8, 4) is 16.9 Å². The van der Waals surface area contributed by atoms with Crippen molar-refractivity contribution in [1.29, 1.82) is 0 Å². The molecule has 0 saturated heterocycles. The second-order valence-corrected chi connectivity index (χ2v) is 4.94.